The molecular formula is C59H47BN2O. The van der Waals surface area contributed by atoms with Gasteiger partial charge in [0.2, 0.25) is 0 Å². The molecule has 0 atom stereocenters. The normalized spacial score (nSPS) is 21.5. The quantitative estimate of drug-likeness (QED) is 0.123. The van der Waals surface area contributed by atoms with Crippen molar-refractivity contribution in [3.8, 4) is 0 Å². The molecule has 3 nitrogen and oxygen atoms in total. The first kappa shape index (κ1) is 35.8. The Labute approximate surface area is 369 Å². The number of hydrogen-bond acceptors (Lipinski definition) is 3. The zero-order valence-corrected chi connectivity index (χ0v) is 35.3. The third kappa shape index (κ3) is 5.40. The van der Waals surface area contributed by atoms with Crippen molar-refractivity contribution in [2.24, 2.45) is 17.8 Å². The molecule has 4 bridgehead atoms. The number of fused-ring (bicyclic) bond motifs is 7. The molecular weight excluding hydrogens is 763 g/mol. The van der Waals surface area contributed by atoms with Crippen LogP contribution in [0, 0.1) is 17.8 Å². The summed E-state index contributed by atoms with van der Waals surface area (Å²) in [4.78, 5) is 5.23. The lowest BCUT2D eigenvalue weighted by Crippen LogP contribution is -2.61. The summed E-state index contributed by atoms with van der Waals surface area (Å²) in [6.45, 7) is 0.00403. The minimum Gasteiger partial charge on any atom is -0.456 e. The molecule has 4 saturated carbocycles. The average Bonchev–Trinajstić information content (AvgIpc) is 3.69. The molecule has 302 valence electrons. The number of rotatable bonds is 6. The van der Waals surface area contributed by atoms with Gasteiger partial charge in [0.25, 0.3) is 6.71 Å². The van der Waals surface area contributed by atoms with E-state index in [1.165, 1.54) is 117 Å². The fraction of sp³-hybridized carbons (Fsp3) is 0.186. The summed E-state index contributed by atoms with van der Waals surface area (Å²) in [5.41, 5.74) is 19.0. The molecule has 2 aliphatic heterocycles. The second-order valence-electron chi connectivity index (χ2n) is 19.5. The van der Waals surface area contributed by atoms with Gasteiger partial charge in [-0.2, -0.15) is 0 Å². The van der Waals surface area contributed by atoms with Gasteiger partial charge in [-0.1, -0.05) is 133 Å². The summed E-state index contributed by atoms with van der Waals surface area (Å²) in [5, 5.41) is 2.33. The number of hydrogen-bond donors (Lipinski definition) is 0. The van der Waals surface area contributed by atoms with Crippen molar-refractivity contribution in [3.05, 3.63) is 210 Å². The SMILES string of the molecule is c1ccc(C(c2ccccc2)c2ccc3c(c2)N(c2ccccc2)c2cc(C45CC6CC(CC(C6)C4)C5)cc4c2B3c2cc3c(cc2N4c2ccccc2)oc2ccccc23)cc1. The van der Waals surface area contributed by atoms with Crippen LogP contribution in [0.3, 0.4) is 0 Å². The molecule has 4 fully saturated rings. The highest BCUT2D eigenvalue weighted by Crippen LogP contribution is 2.62. The molecule has 15 rings (SSSR count). The Morgan fingerprint density at radius 3 is 1.56 bits per heavy atom. The summed E-state index contributed by atoms with van der Waals surface area (Å²) in [6, 6.07) is 70.7. The van der Waals surface area contributed by atoms with Crippen molar-refractivity contribution < 1.29 is 4.42 Å². The number of furan rings is 1. The third-order valence-electron chi connectivity index (χ3n) is 15.9. The van der Waals surface area contributed by atoms with Gasteiger partial charge >= 0.3 is 0 Å². The van der Waals surface area contributed by atoms with Crippen LogP contribution in [0.25, 0.3) is 21.9 Å². The molecule has 9 aromatic rings. The Hall–Kier alpha value is -6.78. The summed E-state index contributed by atoms with van der Waals surface area (Å²) >= 11 is 0. The third-order valence-corrected chi connectivity index (χ3v) is 15.9. The van der Waals surface area contributed by atoms with Gasteiger partial charge < -0.3 is 14.2 Å². The molecule has 0 N–H and O–H groups in total. The Morgan fingerprint density at radius 2 is 0.968 bits per heavy atom. The van der Waals surface area contributed by atoms with Gasteiger partial charge in [-0.15, -0.1) is 0 Å². The van der Waals surface area contributed by atoms with Crippen molar-refractivity contribution in [1.82, 2.24) is 0 Å². The van der Waals surface area contributed by atoms with E-state index in [1.807, 2.05) is 0 Å². The van der Waals surface area contributed by atoms with Crippen molar-refractivity contribution >= 4 is 79.2 Å². The highest BCUT2D eigenvalue weighted by molar-refractivity contribution is 7.00. The van der Waals surface area contributed by atoms with Crippen LogP contribution in [0.1, 0.15) is 66.7 Å². The summed E-state index contributed by atoms with van der Waals surface area (Å²) in [5.74, 6) is 2.59. The van der Waals surface area contributed by atoms with Crippen LogP contribution >= 0.6 is 0 Å². The lowest BCUT2D eigenvalue weighted by molar-refractivity contribution is -0.00514. The van der Waals surface area contributed by atoms with E-state index >= 15 is 0 Å². The van der Waals surface area contributed by atoms with Crippen molar-refractivity contribution in [2.45, 2.75) is 49.9 Å². The van der Waals surface area contributed by atoms with E-state index in [9.17, 15) is 0 Å². The molecule has 4 heteroatoms. The minimum atomic E-state index is 0.00403. The zero-order chi connectivity index (χ0) is 41.2. The van der Waals surface area contributed by atoms with Crippen LogP contribution in [0.15, 0.2) is 192 Å². The molecule has 0 saturated heterocycles. The van der Waals surface area contributed by atoms with Gasteiger partial charge in [0.15, 0.2) is 0 Å². The van der Waals surface area contributed by atoms with Gasteiger partial charge in [0.1, 0.15) is 11.2 Å². The lowest BCUT2D eigenvalue weighted by Gasteiger charge is -2.57. The average molecular weight is 811 g/mol. The Bertz CT molecular complexity index is 3160. The maximum absolute atomic E-state index is 6.72. The van der Waals surface area contributed by atoms with Crippen molar-refractivity contribution in [1.29, 1.82) is 0 Å². The van der Waals surface area contributed by atoms with Gasteiger partial charge in [-0.05, 0) is 149 Å². The fourth-order valence-electron chi connectivity index (χ4n) is 13.8. The smallest absolute Gasteiger partial charge is 0.252 e. The monoisotopic (exact) mass is 810 g/mol. The first-order valence-electron chi connectivity index (χ1n) is 23.2. The van der Waals surface area contributed by atoms with Crippen LogP contribution in [0.5, 0.6) is 0 Å². The van der Waals surface area contributed by atoms with E-state index in [0.717, 1.165) is 34.3 Å². The van der Waals surface area contributed by atoms with E-state index in [2.05, 4.69) is 198 Å². The summed E-state index contributed by atoms with van der Waals surface area (Å²) < 4.78 is 6.72. The highest BCUT2D eigenvalue weighted by atomic mass is 16.3. The summed E-state index contributed by atoms with van der Waals surface area (Å²) in [7, 11) is 0. The first-order valence-corrected chi connectivity index (χ1v) is 23.2. The van der Waals surface area contributed by atoms with E-state index in [1.54, 1.807) is 0 Å². The minimum absolute atomic E-state index is 0.00403. The number of benzene rings is 8. The number of para-hydroxylation sites is 3. The van der Waals surface area contributed by atoms with Crippen molar-refractivity contribution in [2.75, 3.05) is 9.80 Å². The predicted octanol–water partition coefficient (Wildman–Crippen LogP) is 13.3. The molecule has 3 heterocycles. The standard InChI is InChI=1S/C59H47BN2O/c1-5-15-41(16-6-1)57(42-17-7-2-8-18-42)43-25-26-49-51(30-43)61(45-19-9-3-10-20-45)53-31-44(59-35-38-27-39(36-59)29-40(28-38)37-59)32-54-58(53)60(49)50-33-48-47-23-13-14-24-55(47)63-56(48)34-52(50)62(54)46-21-11-4-12-22-46/h1-26,30-34,38-40,57H,27-29,35-37H2. The topological polar surface area (TPSA) is 19.6 Å². The molecule has 4 aliphatic carbocycles. The molecule has 0 radical (unpaired) electrons. The Morgan fingerprint density at radius 1 is 0.444 bits per heavy atom. The van der Waals surface area contributed by atoms with Crippen LogP contribution in [-0.2, 0) is 5.41 Å². The first-order chi connectivity index (χ1) is 31.2. The largest absolute Gasteiger partial charge is 0.456 e. The molecule has 8 aromatic carbocycles. The van der Waals surface area contributed by atoms with Crippen molar-refractivity contribution in [3.63, 3.8) is 0 Å². The maximum atomic E-state index is 6.72. The van der Waals surface area contributed by atoms with E-state index in [4.69, 9.17) is 4.42 Å². The molecule has 6 aliphatic rings. The van der Waals surface area contributed by atoms with Crippen LogP contribution in [0.2, 0.25) is 0 Å². The maximum Gasteiger partial charge on any atom is 0.252 e. The second kappa shape index (κ2) is 13.6. The number of anilines is 6. The molecule has 0 unspecified atom stereocenters. The molecule has 63 heavy (non-hydrogen) atoms. The molecule has 0 spiro atoms. The van der Waals surface area contributed by atoms with Crippen LogP contribution in [-0.4, -0.2) is 6.71 Å². The van der Waals surface area contributed by atoms with E-state index in [-0.39, 0.29) is 18.0 Å². The van der Waals surface area contributed by atoms with Gasteiger partial charge in [-0.25, -0.2) is 0 Å². The van der Waals surface area contributed by atoms with E-state index in [0.29, 0.717) is 0 Å². The van der Waals surface area contributed by atoms with Crippen LogP contribution < -0.4 is 26.2 Å². The number of nitrogens with zero attached hydrogens (tertiary/aromatic N) is 2. The fourth-order valence-corrected chi connectivity index (χ4v) is 13.8. The van der Waals surface area contributed by atoms with Gasteiger partial charge in [0.05, 0.1) is 0 Å². The Kier molecular flexibility index (Phi) is 7.73. The molecule has 0 amide bonds. The molecule has 1 aromatic heterocycles. The Balaban J connectivity index is 1.09. The highest BCUT2D eigenvalue weighted by Gasteiger charge is 2.53. The zero-order valence-electron chi connectivity index (χ0n) is 35.3. The lowest BCUT2D eigenvalue weighted by atomic mass is 9.33. The van der Waals surface area contributed by atoms with Gasteiger partial charge in [0, 0.05) is 56.9 Å². The summed E-state index contributed by atoms with van der Waals surface area (Å²) in [6.07, 6.45) is 8.20. The van der Waals surface area contributed by atoms with E-state index < -0.39 is 0 Å². The van der Waals surface area contributed by atoms with Crippen LogP contribution in [0.4, 0.5) is 34.1 Å². The van der Waals surface area contributed by atoms with Gasteiger partial charge in [-0.3, -0.25) is 0 Å². The predicted molar refractivity (Wildman–Crippen MR) is 261 cm³/mol. The second-order valence-corrected chi connectivity index (χ2v) is 19.5.